The Bertz CT molecular complexity index is 1140. The Labute approximate surface area is 215 Å². The van der Waals surface area contributed by atoms with E-state index in [-0.39, 0.29) is 11.9 Å². The lowest BCUT2D eigenvalue weighted by Crippen LogP contribution is -2.28. The Kier molecular flexibility index (Phi) is 8.56. The number of nitrogens with one attached hydrogen (secondary N) is 1. The minimum absolute atomic E-state index is 0.0464. The van der Waals surface area contributed by atoms with Gasteiger partial charge in [0.2, 0.25) is 5.91 Å². The molecule has 1 saturated carbocycles. The van der Waals surface area contributed by atoms with Gasteiger partial charge in [0.15, 0.2) is 11.0 Å². The first-order valence-corrected chi connectivity index (χ1v) is 13.5. The fourth-order valence-electron chi connectivity index (χ4n) is 4.51. The predicted octanol–water partition coefficient (Wildman–Crippen LogP) is 7.32. The molecule has 1 aliphatic carbocycles. The van der Waals surface area contributed by atoms with Gasteiger partial charge < -0.3 is 5.32 Å². The van der Waals surface area contributed by atoms with Crippen molar-refractivity contribution in [3.05, 3.63) is 69.5 Å². The molecule has 4 rings (SSSR count). The Morgan fingerprint density at radius 2 is 1.97 bits per heavy atom. The molecule has 2 aromatic carbocycles. The van der Waals surface area contributed by atoms with Crippen molar-refractivity contribution in [2.75, 3.05) is 0 Å². The van der Waals surface area contributed by atoms with E-state index in [0.29, 0.717) is 33.4 Å². The maximum absolute atomic E-state index is 12.7. The first-order chi connectivity index (χ1) is 16.4. The highest BCUT2D eigenvalue weighted by atomic mass is 35.5. The molecule has 8 heteroatoms. The average Bonchev–Trinajstić information content (AvgIpc) is 3.46. The number of hydrogen-bond acceptors (Lipinski definition) is 4. The van der Waals surface area contributed by atoms with Crippen LogP contribution in [0.2, 0.25) is 10.0 Å². The number of carbonyl (C=O) groups excluding carboxylic acids is 1. The highest BCUT2D eigenvalue weighted by Gasteiger charge is 2.23. The highest BCUT2D eigenvalue weighted by molar-refractivity contribution is 7.98. The van der Waals surface area contributed by atoms with E-state index in [4.69, 9.17) is 23.2 Å². The topological polar surface area (TPSA) is 59.8 Å². The normalized spacial score (nSPS) is 14.9. The van der Waals surface area contributed by atoms with Crippen LogP contribution in [-0.2, 0) is 10.5 Å². The maximum Gasteiger partial charge on any atom is 0.220 e. The zero-order chi connectivity index (χ0) is 24.1. The second-order valence-electron chi connectivity index (χ2n) is 9.03. The van der Waals surface area contributed by atoms with Gasteiger partial charge in [-0.05, 0) is 49.9 Å². The molecule has 0 spiro atoms. The summed E-state index contributed by atoms with van der Waals surface area (Å²) in [7, 11) is 0. The second-order valence-corrected chi connectivity index (χ2v) is 10.8. The number of aryl methyl sites for hydroxylation is 1. The summed E-state index contributed by atoms with van der Waals surface area (Å²) in [6.45, 7) is 4.02. The Balaban J connectivity index is 1.55. The third-order valence-electron chi connectivity index (χ3n) is 6.28. The van der Waals surface area contributed by atoms with Crippen LogP contribution < -0.4 is 5.32 Å². The van der Waals surface area contributed by atoms with Gasteiger partial charge in [-0.1, -0.05) is 90.5 Å². The lowest BCUT2D eigenvalue weighted by molar-refractivity contribution is -0.122. The van der Waals surface area contributed by atoms with E-state index in [2.05, 4.69) is 46.7 Å². The summed E-state index contributed by atoms with van der Waals surface area (Å²) in [5.74, 6) is 2.12. The Morgan fingerprint density at radius 3 is 2.71 bits per heavy atom. The van der Waals surface area contributed by atoms with Crippen LogP contribution in [0.4, 0.5) is 0 Å². The standard InChI is InChI=1S/C26H30Cl2N4OS/c1-17-6-5-9-20(14-17)16-34-26-31-30-25(32(26)23-12-11-21(27)15-22(23)28)18(2)29-24(33)13-10-19-7-3-4-8-19/h5-6,9,11-12,14-15,18-19H,3-4,7-8,10,13,16H2,1-2H3,(H,29,33). The molecule has 1 aromatic heterocycles. The number of rotatable bonds is 9. The minimum Gasteiger partial charge on any atom is -0.346 e. The van der Waals surface area contributed by atoms with Gasteiger partial charge in [-0.25, -0.2) is 0 Å². The van der Waals surface area contributed by atoms with Crippen molar-refractivity contribution in [3.8, 4) is 5.69 Å². The molecule has 3 aromatic rings. The van der Waals surface area contributed by atoms with Crippen molar-refractivity contribution in [3.63, 3.8) is 0 Å². The molecule has 1 heterocycles. The van der Waals surface area contributed by atoms with E-state index in [1.54, 1.807) is 23.9 Å². The summed E-state index contributed by atoms with van der Waals surface area (Å²) in [4.78, 5) is 12.7. The van der Waals surface area contributed by atoms with Gasteiger partial charge >= 0.3 is 0 Å². The number of nitrogens with zero attached hydrogens (tertiary/aromatic N) is 3. The van der Waals surface area contributed by atoms with E-state index in [1.807, 2.05) is 17.6 Å². The summed E-state index contributed by atoms with van der Waals surface area (Å²) in [6, 6.07) is 13.5. The third kappa shape index (κ3) is 6.35. The molecule has 1 fully saturated rings. The minimum atomic E-state index is -0.316. The molecule has 34 heavy (non-hydrogen) atoms. The lowest BCUT2D eigenvalue weighted by atomic mass is 10.0. The first-order valence-electron chi connectivity index (χ1n) is 11.8. The molecular formula is C26H30Cl2N4OS. The van der Waals surface area contributed by atoms with Crippen LogP contribution in [0.15, 0.2) is 47.6 Å². The van der Waals surface area contributed by atoms with Gasteiger partial charge in [-0.3, -0.25) is 9.36 Å². The number of carbonyl (C=O) groups is 1. The predicted molar refractivity (Wildman–Crippen MR) is 140 cm³/mol. The molecule has 1 amide bonds. The van der Waals surface area contributed by atoms with Crippen LogP contribution in [0.5, 0.6) is 0 Å². The fourth-order valence-corrected chi connectivity index (χ4v) is 5.89. The fraction of sp³-hybridized carbons (Fsp3) is 0.423. The van der Waals surface area contributed by atoms with Crippen molar-refractivity contribution in [2.24, 2.45) is 5.92 Å². The largest absolute Gasteiger partial charge is 0.346 e. The summed E-state index contributed by atoms with van der Waals surface area (Å²) in [5.41, 5.74) is 3.16. The smallest absolute Gasteiger partial charge is 0.220 e. The molecule has 1 aliphatic rings. The second kappa shape index (κ2) is 11.6. The summed E-state index contributed by atoms with van der Waals surface area (Å²) in [5, 5.41) is 13.8. The number of benzene rings is 2. The van der Waals surface area contributed by atoms with Crippen LogP contribution >= 0.6 is 35.0 Å². The van der Waals surface area contributed by atoms with Gasteiger partial charge in [0.25, 0.3) is 0 Å². The number of hydrogen-bond donors (Lipinski definition) is 1. The molecular weight excluding hydrogens is 487 g/mol. The Hall–Kier alpha value is -2.02. The SMILES string of the molecule is Cc1cccc(CSc2nnc(C(C)NC(=O)CCC3CCCC3)n2-c2ccc(Cl)cc2Cl)c1. The Morgan fingerprint density at radius 1 is 1.18 bits per heavy atom. The molecule has 5 nitrogen and oxygen atoms in total. The molecule has 0 saturated heterocycles. The van der Waals surface area contributed by atoms with Crippen LogP contribution in [-0.4, -0.2) is 20.7 Å². The van der Waals surface area contributed by atoms with E-state index >= 15 is 0 Å². The van der Waals surface area contributed by atoms with Gasteiger partial charge in [0.05, 0.1) is 16.8 Å². The number of thioether (sulfide) groups is 1. The number of aromatic nitrogens is 3. The van der Waals surface area contributed by atoms with Crippen LogP contribution in [0.1, 0.15) is 68.4 Å². The summed E-state index contributed by atoms with van der Waals surface area (Å²) < 4.78 is 1.93. The van der Waals surface area contributed by atoms with Gasteiger partial charge in [-0.15, -0.1) is 10.2 Å². The van der Waals surface area contributed by atoms with Crippen LogP contribution in [0.3, 0.4) is 0 Å². The van der Waals surface area contributed by atoms with Crippen molar-refractivity contribution >= 4 is 40.9 Å². The zero-order valence-corrected chi connectivity index (χ0v) is 21.9. The first kappa shape index (κ1) is 25.1. The van der Waals surface area contributed by atoms with Crippen molar-refractivity contribution < 1.29 is 4.79 Å². The molecule has 0 bridgehead atoms. The molecule has 180 valence electrons. The number of halogens is 2. The summed E-state index contributed by atoms with van der Waals surface area (Å²) in [6.07, 6.45) is 6.56. The van der Waals surface area contributed by atoms with Crippen LogP contribution in [0, 0.1) is 12.8 Å². The van der Waals surface area contributed by atoms with Crippen molar-refractivity contribution in [2.45, 2.75) is 69.3 Å². The number of amides is 1. The molecule has 0 radical (unpaired) electrons. The third-order valence-corrected chi connectivity index (χ3v) is 7.82. The van der Waals surface area contributed by atoms with Gasteiger partial charge in [-0.2, -0.15) is 0 Å². The summed E-state index contributed by atoms with van der Waals surface area (Å²) >= 11 is 14.3. The highest BCUT2D eigenvalue weighted by Crippen LogP contribution is 2.33. The molecule has 1 N–H and O–H groups in total. The maximum atomic E-state index is 12.7. The zero-order valence-electron chi connectivity index (χ0n) is 19.6. The quantitative estimate of drug-likeness (QED) is 0.302. The molecule has 1 atom stereocenters. The van der Waals surface area contributed by atoms with Gasteiger partial charge in [0, 0.05) is 17.2 Å². The average molecular weight is 518 g/mol. The van der Waals surface area contributed by atoms with E-state index < -0.39 is 0 Å². The van der Waals surface area contributed by atoms with E-state index in [1.165, 1.54) is 36.8 Å². The van der Waals surface area contributed by atoms with Crippen molar-refractivity contribution in [1.82, 2.24) is 20.1 Å². The van der Waals surface area contributed by atoms with Crippen molar-refractivity contribution in [1.29, 1.82) is 0 Å². The van der Waals surface area contributed by atoms with E-state index in [0.717, 1.165) is 17.9 Å². The van der Waals surface area contributed by atoms with Crippen LogP contribution in [0.25, 0.3) is 5.69 Å². The molecule has 0 aliphatic heterocycles. The lowest BCUT2D eigenvalue weighted by Gasteiger charge is -2.18. The van der Waals surface area contributed by atoms with Gasteiger partial charge in [0.1, 0.15) is 0 Å². The van der Waals surface area contributed by atoms with E-state index in [9.17, 15) is 4.79 Å². The molecule has 1 unspecified atom stereocenters. The monoisotopic (exact) mass is 516 g/mol.